The lowest BCUT2D eigenvalue weighted by Crippen LogP contribution is -2.38. The monoisotopic (exact) mass is 462 g/mol. The van der Waals surface area contributed by atoms with Crippen molar-refractivity contribution in [2.24, 2.45) is 5.10 Å². The highest BCUT2D eigenvalue weighted by Crippen LogP contribution is 2.35. The molecule has 0 bridgehead atoms. The Morgan fingerprint density at radius 2 is 1.88 bits per heavy atom. The quantitative estimate of drug-likeness (QED) is 0.593. The Morgan fingerprint density at radius 3 is 2.68 bits per heavy atom. The third kappa shape index (κ3) is 4.40. The molecular formula is C23H22N6O5. The molecule has 0 fully saturated rings. The van der Waals surface area contributed by atoms with Crippen molar-refractivity contribution in [2.45, 2.75) is 12.8 Å². The van der Waals surface area contributed by atoms with Gasteiger partial charge in [0, 0.05) is 43.9 Å². The number of carbonyl (C=O) groups excluding carboxylic acids is 2. The molecule has 2 aromatic carbocycles. The van der Waals surface area contributed by atoms with Gasteiger partial charge >= 0.3 is 0 Å². The van der Waals surface area contributed by atoms with E-state index in [0.717, 1.165) is 10.7 Å². The van der Waals surface area contributed by atoms with Gasteiger partial charge in [-0.2, -0.15) is 10.1 Å². The number of anilines is 2. The summed E-state index contributed by atoms with van der Waals surface area (Å²) in [6, 6.07) is 12.7. The topological polar surface area (TPSA) is 122 Å². The van der Waals surface area contributed by atoms with Crippen molar-refractivity contribution in [1.82, 2.24) is 15.1 Å². The predicted octanol–water partition coefficient (Wildman–Crippen LogP) is 2.50. The molecule has 2 aliphatic rings. The molecule has 0 spiro atoms. The zero-order chi connectivity index (χ0) is 23.7. The van der Waals surface area contributed by atoms with Gasteiger partial charge in [-0.15, -0.1) is 0 Å². The number of nitrogens with one attached hydrogen (secondary N) is 1. The van der Waals surface area contributed by atoms with Gasteiger partial charge in [0.15, 0.2) is 11.5 Å². The summed E-state index contributed by atoms with van der Waals surface area (Å²) in [6.45, 7) is -0.0488. The molecule has 3 heterocycles. The summed E-state index contributed by atoms with van der Waals surface area (Å²) in [7, 11) is 3.87. The molecule has 2 amide bonds. The first kappa shape index (κ1) is 21.4. The minimum atomic E-state index is -0.359. The van der Waals surface area contributed by atoms with Gasteiger partial charge in [0.1, 0.15) is 12.3 Å². The molecule has 0 radical (unpaired) electrons. The molecule has 2 aliphatic heterocycles. The molecule has 11 nitrogen and oxygen atoms in total. The van der Waals surface area contributed by atoms with Crippen LogP contribution >= 0.6 is 0 Å². The molecule has 0 saturated carbocycles. The number of benzene rings is 2. The molecule has 1 aromatic heterocycles. The summed E-state index contributed by atoms with van der Waals surface area (Å²) in [4.78, 5) is 31.2. The Labute approximate surface area is 194 Å². The van der Waals surface area contributed by atoms with Gasteiger partial charge in [0.25, 0.3) is 5.89 Å². The number of rotatable bonds is 6. The largest absolute Gasteiger partial charge is 0.454 e. The van der Waals surface area contributed by atoms with E-state index in [2.05, 4.69) is 20.6 Å². The Kier molecular flexibility index (Phi) is 5.58. The van der Waals surface area contributed by atoms with Crippen LogP contribution in [0.25, 0.3) is 11.4 Å². The van der Waals surface area contributed by atoms with Crippen molar-refractivity contribution in [3.05, 3.63) is 48.4 Å². The number of nitrogens with zero attached hydrogens (tertiary/aromatic N) is 5. The van der Waals surface area contributed by atoms with Crippen molar-refractivity contribution in [1.29, 1.82) is 0 Å². The van der Waals surface area contributed by atoms with Crippen molar-refractivity contribution >= 4 is 28.9 Å². The van der Waals surface area contributed by atoms with E-state index in [4.69, 9.17) is 14.0 Å². The highest BCUT2D eigenvalue weighted by atomic mass is 16.7. The number of hydrazone groups is 1. The smallest absolute Gasteiger partial charge is 0.274 e. The molecule has 5 rings (SSSR count). The number of carbonyl (C=O) groups is 2. The second kappa shape index (κ2) is 8.85. The zero-order valence-electron chi connectivity index (χ0n) is 18.6. The molecule has 11 heteroatoms. The Balaban J connectivity index is 1.28. The van der Waals surface area contributed by atoms with Crippen LogP contribution in [0.1, 0.15) is 18.7 Å². The van der Waals surface area contributed by atoms with E-state index < -0.39 is 0 Å². The van der Waals surface area contributed by atoms with Gasteiger partial charge < -0.3 is 24.2 Å². The van der Waals surface area contributed by atoms with E-state index in [1.54, 1.807) is 30.3 Å². The SMILES string of the molecule is CN(C)c1ccc(NC(=O)CN2N=C(c3nc(-c4ccc5c(c4)OCO5)no3)CCC2=O)cc1. The molecule has 3 aromatic rings. The Hall–Kier alpha value is -4.41. The van der Waals surface area contributed by atoms with Gasteiger partial charge in [-0.3, -0.25) is 9.59 Å². The number of ether oxygens (including phenoxy) is 2. The van der Waals surface area contributed by atoms with Gasteiger partial charge in [0.2, 0.25) is 24.4 Å². The van der Waals surface area contributed by atoms with Crippen LogP contribution in [0.5, 0.6) is 11.5 Å². The summed E-state index contributed by atoms with van der Waals surface area (Å²) < 4.78 is 16.1. The van der Waals surface area contributed by atoms with Gasteiger partial charge in [-0.1, -0.05) is 5.16 Å². The standard InChI is InChI=1S/C23H22N6O5/c1-28(2)16-6-4-15(5-7-16)24-20(30)12-29-21(31)10-8-17(26-29)23-25-22(27-34-23)14-3-9-18-19(11-14)33-13-32-18/h3-7,9,11H,8,10,12-13H2,1-2H3,(H,24,30). The maximum absolute atomic E-state index is 12.5. The van der Waals surface area contributed by atoms with Crippen LogP contribution in [0, 0.1) is 0 Å². The van der Waals surface area contributed by atoms with E-state index in [0.29, 0.717) is 40.7 Å². The highest BCUT2D eigenvalue weighted by Gasteiger charge is 2.27. The van der Waals surface area contributed by atoms with Crippen LogP contribution in [-0.2, 0) is 9.59 Å². The molecule has 0 aliphatic carbocycles. The van der Waals surface area contributed by atoms with Crippen LogP contribution in [0.15, 0.2) is 52.1 Å². The van der Waals surface area contributed by atoms with Crippen LogP contribution in [0.3, 0.4) is 0 Å². The average Bonchev–Trinajstić information content (AvgIpc) is 3.50. The van der Waals surface area contributed by atoms with E-state index in [1.165, 1.54) is 0 Å². The van der Waals surface area contributed by atoms with Gasteiger partial charge in [-0.25, -0.2) is 5.01 Å². The van der Waals surface area contributed by atoms with Crippen molar-refractivity contribution in [3.63, 3.8) is 0 Å². The first-order valence-corrected chi connectivity index (χ1v) is 10.7. The maximum Gasteiger partial charge on any atom is 0.274 e. The fourth-order valence-electron chi connectivity index (χ4n) is 3.55. The summed E-state index contributed by atoms with van der Waals surface area (Å²) in [6.07, 6.45) is 0.525. The fraction of sp³-hybridized carbons (Fsp3) is 0.261. The summed E-state index contributed by atoms with van der Waals surface area (Å²) in [5.41, 5.74) is 2.79. The lowest BCUT2D eigenvalue weighted by Gasteiger charge is -2.21. The summed E-state index contributed by atoms with van der Waals surface area (Å²) in [5.74, 6) is 1.21. The molecular weight excluding hydrogens is 440 g/mol. The van der Waals surface area contributed by atoms with Crippen molar-refractivity contribution in [2.75, 3.05) is 37.6 Å². The number of amides is 2. The van der Waals surface area contributed by atoms with Gasteiger partial charge in [0.05, 0.1) is 0 Å². The first-order valence-electron chi connectivity index (χ1n) is 10.7. The minimum absolute atomic E-state index is 0.173. The zero-order valence-corrected chi connectivity index (χ0v) is 18.6. The van der Waals surface area contributed by atoms with E-state index in [1.807, 2.05) is 31.1 Å². The highest BCUT2D eigenvalue weighted by molar-refractivity contribution is 6.02. The van der Waals surface area contributed by atoms with Gasteiger partial charge in [-0.05, 0) is 42.5 Å². The molecule has 1 N–H and O–H groups in total. The van der Waals surface area contributed by atoms with E-state index >= 15 is 0 Å². The Morgan fingerprint density at radius 1 is 1.09 bits per heavy atom. The number of fused-ring (bicyclic) bond motifs is 1. The summed E-state index contributed by atoms with van der Waals surface area (Å²) >= 11 is 0. The molecule has 174 valence electrons. The molecule has 34 heavy (non-hydrogen) atoms. The predicted molar refractivity (Wildman–Crippen MR) is 123 cm³/mol. The fourth-order valence-corrected chi connectivity index (χ4v) is 3.55. The van der Waals surface area contributed by atoms with E-state index in [-0.39, 0.29) is 37.5 Å². The van der Waals surface area contributed by atoms with Crippen LogP contribution < -0.4 is 19.7 Å². The first-order chi connectivity index (χ1) is 16.5. The number of hydrogen-bond acceptors (Lipinski definition) is 9. The van der Waals surface area contributed by atoms with Crippen LogP contribution in [0.2, 0.25) is 0 Å². The van der Waals surface area contributed by atoms with Crippen LogP contribution in [-0.4, -0.2) is 60.1 Å². The molecule has 0 unspecified atom stereocenters. The maximum atomic E-state index is 12.5. The number of hydrogen-bond donors (Lipinski definition) is 1. The minimum Gasteiger partial charge on any atom is -0.454 e. The van der Waals surface area contributed by atoms with Crippen molar-refractivity contribution in [3.8, 4) is 22.9 Å². The van der Waals surface area contributed by atoms with Crippen LogP contribution in [0.4, 0.5) is 11.4 Å². The summed E-state index contributed by atoms with van der Waals surface area (Å²) in [5, 5.41) is 12.2. The molecule has 0 saturated heterocycles. The van der Waals surface area contributed by atoms with E-state index in [9.17, 15) is 9.59 Å². The second-order valence-corrected chi connectivity index (χ2v) is 7.98. The molecule has 0 atom stereocenters. The normalized spacial score (nSPS) is 14.7. The lowest BCUT2D eigenvalue weighted by atomic mass is 10.1. The number of aromatic nitrogens is 2. The third-order valence-electron chi connectivity index (χ3n) is 5.37. The lowest BCUT2D eigenvalue weighted by molar-refractivity contribution is -0.135. The Bertz CT molecular complexity index is 1270. The second-order valence-electron chi connectivity index (χ2n) is 7.98. The third-order valence-corrected chi connectivity index (χ3v) is 5.37. The van der Waals surface area contributed by atoms with Crippen molar-refractivity contribution < 1.29 is 23.6 Å². The average molecular weight is 462 g/mol.